The molecule has 0 aliphatic carbocycles. The fourth-order valence-electron chi connectivity index (χ4n) is 3.66. The SMILES string of the molecule is Oc1c(CCC2CCOCC2)c(-c2cccc(F)c2)nn1-c1cc(C(F)(F)F)n[nH]1. The van der Waals surface area contributed by atoms with E-state index >= 15 is 0 Å². The van der Waals surface area contributed by atoms with E-state index in [1.165, 1.54) is 18.2 Å². The molecule has 1 aliphatic rings. The number of halogens is 4. The molecule has 0 radical (unpaired) electrons. The molecule has 1 aromatic carbocycles. The van der Waals surface area contributed by atoms with Crippen LogP contribution in [0.4, 0.5) is 17.6 Å². The summed E-state index contributed by atoms with van der Waals surface area (Å²) >= 11 is 0. The van der Waals surface area contributed by atoms with E-state index in [2.05, 4.69) is 15.3 Å². The maximum Gasteiger partial charge on any atom is 0.435 e. The first-order valence-corrected chi connectivity index (χ1v) is 9.60. The van der Waals surface area contributed by atoms with Crippen molar-refractivity contribution in [3.8, 4) is 23.0 Å². The number of benzene rings is 1. The summed E-state index contributed by atoms with van der Waals surface area (Å²) in [5.74, 6) is -0.489. The zero-order valence-corrected chi connectivity index (χ0v) is 15.9. The predicted octanol–water partition coefficient (Wildman–Crippen LogP) is 4.49. The third-order valence-electron chi connectivity index (χ3n) is 5.28. The van der Waals surface area contributed by atoms with Crippen molar-refractivity contribution in [3.63, 3.8) is 0 Å². The van der Waals surface area contributed by atoms with Crippen LogP contribution in [0.1, 0.15) is 30.5 Å². The van der Waals surface area contributed by atoms with Gasteiger partial charge in [-0.2, -0.15) is 28.1 Å². The highest BCUT2D eigenvalue weighted by Gasteiger charge is 2.34. The maximum atomic E-state index is 13.8. The molecule has 1 aliphatic heterocycles. The Morgan fingerprint density at radius 3 is 2.63 bits per heavy atom. The Balaban J connectivity index is 1.71. The number of aromatic hydroxyl groups is 1. The normalized spacial score (nSPS) is 15.6. The van der Waals surface area contributed by atoms with E-state index in [1.807, 2.05) is 0 Å². The van der Waals surface area contributed by atoms with E-state index in [0.29, 0.717) is 42.4 Å². The van der Waals surface area contributed by atoms with Crippen LogP contribution in [0.5, 0.6) is 5.88 Å². The predicted molar refractivity (Wildman–Crippen MR) is 99.6 cm³/mol. The lowest BCUT2D eigenvalue weighted by Crippen LogP contribution is -2.16. The summed E-state index contributed by atoms with van der Waals surface area (Å²) < 4.78 is 58.8. The lowest BCUT2D eigenvalue weighted by Gasteiger charge is -2.21. The molecule has 1 fully saturated rings. The van der Waals surface area contributed by atoms with Crippen molar-refractivity contribution >= 4 is 0 Å². The van der Waals surface area contributed by atoms with Crippen molar-refractivity contribution in [1.82, 2.24) is 20.0 Å². The smallest absolute Gasteiger partial charge is 0.435 e. The molecule has 10 heteroatoms. The molecule has 6 nitrogen and oxygen atoms in total. The van der Waals surface area contributed by atoms with Crippen molar-refractivity contribution in [1.29, 1.82) is 0 Å². The molecule has 2 aromatic heterocycles. The Labute approximate surface area is 169 Å². The van der Waals surface area contributed by atoms with Crippen LogP contribution in [-0.2, 0) is 17.3 Å². The summed E-state index contributed by atoms with van der Waals surface area (Å²) in [6, 6.07) is 6.48. The second-order valence-corrected chi connectivity index (χ2v) is 7.30. The molecule has 1 saturated heterocycles. The number of hydrogen-bond acceptors (Lipinski definition) is 4. The van der Waals surface area contributed by atoms with Crippen LogP contribution >= 0.6 is 0 Å². The Hall–Kier alpha value is -2.88. The summed E-state index contributed by atoms with van der Waals surface area (Å²) in [5, 5.41) is 20.6. The number of ether oxygens (including phenoxy) is 1. The van der Waals surface area contributed by atoms with Gasteiger partial charge in [0.25, 0.3) is 0 Å². The van der Waals surface area contributed by atoms with Gasteiger partial charge < -0.3 is 9.84 Å². The van der Waals surface area contributed by atoms with Gasteiger partial charge in [0.05, 0.1) is 0 Å². The Morgan fingerprint density at radius 2 is 1.97 bits per heavy atom. The molecular formula is C20H20F4N4O2. The van der Waals surface area contributed by atoms with E-state index in [0.717, 1.165) is 30.0 Å². The van der Waals surface area contributed by atoms with Gasteiger partial charge >= 0.3 is 6.18 Å². The van der Waals surface area contributed by atoms with Gasteiger partial charge in [-0.05, 0) is 43.7 Å². The van der Waals surface area contributed by atoms with Gasteiger partial charge in [-0.25, -0.2) is 4.39 Å². The van der Waals surface area contributed by atoms with Gasteiger partial charge in [-0.1, -0.05) is 12.1 Å². The lowest BCUT2D eigenvalue weighted by molar-refractivity contribution is -0.141. The fourth-order valence-corrected chi connectivity index (χ4v) is 3.66. The summed E-state index contributed by atoms with van der Waals surface area (Å²) in [5.41, 5.74) is 0.0857. The van der Waals surface area contributed by atoms with Gasteiger partial charge in [0, 0.05) is 30.4 Å². The maximum absolute atomic E-state index is 13.8. The van der Waals surface area contributed by atoms with E-state index in [-0.39, 0.29) is 11.7 Å². The number of aromatic nitrogens is 4. The second kappa shape index (κ2) is 8.10. The monoisotopic (exact) mass is 424 g/mol. The van der Waals surface area contributed by atoms with Gasteiger partial charge in [0.15, 0.2) is 11.5 Å². The quantitative estimate of drug-likeness (QED) is 0.592. The third kappa shape index (κ3) is 4.18. The minimum absolute atomic E-state index is 0.130. The Bertz CT molecular complexity index is 1020. The first-order valence-electron chi connectivity index (χ1n) is 9.60. The molecule has 0 unspecified atom stereocenters. The highest BCUT2D eigenvalue weighted by molar-refractivity contribution is 5.66. The fraction of sp³-hybridized carbons (Fsp3) is 0.400. The van der Waals surface area contributed by atoms with Gasteiger partial charge in [-0.15, -0.1) is 0 Å². The minimum Gasteiger partial charge on any atom is -0.493 e. The van der Waals surface area contributed by atoms with Crippen LogP contribution in [0, 0.1) is 11.7 Å². The molecule has 3 heterocycles. The highest BCUT2D eigenvalue weighted by Crippen LogP contribution is 2.35. The van der Waals surface area contributed by atoms with Crippen LogP contribution in [0.25, 0.3) is 17.1 Å². The van der Waals surface area contributed by atoms with Crippen LogP contribution in [0.3, 0.4) is 0 Å². The van der Waals surface area contributed by atoms with Crippen LogP contribution in [0.2, 0.25) is 0 Å². The van der Waals surface area contributed by atoms with E-state index in [9.17, 15) is 22.7 Å². The molecule has 30 heavy (non-hydrogen) atoms. The van der Waals surface area contributed by atoms with Crippen molar-refractivity contribution in [2.24, 2.45) is 5.92 Å². The molecule has 0 atom stereocenters. The summed E-state index contributed by atoms with van der Waals surface area (Å²) in [4.78, 5) is 0. The standard InChI is InChI=1S/C20H20F4N4O2/c21-14-3-1-2-13(10-14)18-15(5-4-12-6-8-30-9-7-12)19(29)28(27-18)17-11-16(25-26-17)20(22,23)24/h1-3,10-12,29H,4-9H2,(H,25,26). The molecule has 3 aromatic rings. The van der Waals surface area contributed by atoms with Gasteiger partial charge in [0.2, 0.25) is 5.88 Å². The number of rotatable bonds is 5. The molecule has 0 amide bonds. The minimum atomic E-state index is -4.63. The van der Waals surface area contributed by atoms with Gasteiger partial charge in [-0.3, -0.25) is 5.10 Å². The lowest BCUT2D eigenvalue weighted by atomic mass is 9.92. The van der Waals surface area contributed by atoms with E-state index < -0.39 is 17.7 Å². The number of H-pyrrole nitrogens is 1. The van der Waals surface area contributed by atoms with E-state index in [1.54, 1.807) is 6.07 Å². The highest BCUT2D eigenvalue weighted by atomic mass is 19.4. The zero-order valence-electron chi connectivity index (χ0n) is 15.9. The van der Waals surface area contributed by atoms with Crippen molar-refractivity contribution in [2.45, 2.75) is 31.9 Å². The molecular weight excluding hydrogens is 404 g/mol. The van der Waals surface area contributed by atoms with Crippen molar-refractivity contribution < 1.29 is 27.4 Å². The van der Waals surface area contributed by atoms with Crippen LogP contribution in [0.15, 0.2) is 30.3 Å². The van der Waals surface area contributed by atoms with Crippen molar-refractivity contribution in [2.75, 3.05) is 13.2 Å². The van der Waals surface area contributed by atoms with Crippen LogP contribution in [-0.4, -0.2) is 38.3 Å². The Kier molecular flexibility index (Phi) is 5.50. The molecule has 0 spiro atoms. The number of alkyl halides is 3. The Morgan fingerprint density at radius 1 is 1.20 bits per heavy atom. The largest absolute Gasteiger partial charge is 0.493 e. The van der Waals surface area contributed by atoms with E-state index in [4.69, 9.17) is 4.74 Å². The number of aromatic amines is 1. The van der Waals surface area contributed by atoms with Crippen LogP contribution < -0.4 is 0 Å². The first-order chi connectivity index (χ1) is 14.3. The second-order valence-electron chi connectivity index (χ2n) is 7.30. The number of hydrogen-bond donors (Lipinski definition) is 2. The summed E-state index contributed by atoms with van der Waals surface area (Å²) in [6.45, 7) is 1.36. The zero-order chi connectivity index (χ0) is 21.3. The summed E-state index contributed by atoms with van der Waals surface area (Å²) in [7, 11) is 0. The van der Waals surface area contributed by atoms with Gasteiger partial charge in [0.1, 0.15) is 11.5 Å². The van der Waals surface area contributed by atoms with Crippen molar-refractivity contribution in [3.05, 3.63) is 47.4 Å². The molecule has 0 bridgehead atoms. The molecule has 160 valence electrons. The average Bonchev–Trinajstić information content (AvgIpc) is 3.32. The number of nitrogens with one attached hydrogen (secondary N) is 1. The third-order valence-corrected chi connectivity index (χ3v) is 5.28. The average molecular weight is 424 g/mol. The summed E-state index contributed by atoms with van der Waals surface area (Å²) in [6.07, 6.45) is -1.63. The first kappa shape index (κ1) is 20.4. The molecule has 4 rings (SSSR count). The topological polar surface area (TPSA) is 76.0 Å². The molecule has 0 saturated carbocycles. The molecule has 2 N–H and O–H groups in total. The number of nitrogens with zero attached hydrogens (tertiary/aromatic N) is 3.